The molecule has 2 saturated heterocycles. The Kier molecular flexibility index (Phi) is 6.00. The van der Waals surface area contributed by atoms with Crippen LogP contribution in [0.2, 0.25) is 0 Å². The summed E-state index contributed by atoms with van der Waals surface area (Å²) in [7, 11) is 1.66. The van der Waals surface area contributed by atoms with Gasteiger partial charge in [0.1, 0.15) is 0 Å². The highest BCUT2D eigenvalue weighted by atomic mass is 16.2. The van der Waals surface area contributed by atoms with Crippen LogP contribution < -0.4 is 10.6 Å². The van der Waals surface area contributed by atoms with E-state index in [1.165, 1.54) is 16.3 Å². The molecule has 0 bridgehead atoms. The van der Waals surface area contributed by atoms with Crippen molar-refractivity contribution in [1.29, 1.82) is 0 Å². The summed E-state index contributed by atoms with van der Waals surface area (Å²) in [5, 5.41) is 8.39. The normalized spacial score (nSPS) is 20.7. The van der Waals surface area contributed by atoms with Gasteiger partial charge in [0, 0.05) is 32.7 Å². The van der Waals surface area contributed by atoms with E-state index in [2.05, 4.69) is 58.0 Å². The smallest absolute Gasteiger partial charge is 0.318 e. The Morgan fingerprint density at radius 1 is 1.00 bits per heavy atom. The third kappa shape index (κ3) is 4.37. The standard InChI is InChI=1S/C23H30N4O2/c1-24-22(28)16-26-14-11-18(12-15-26)25-23(29)27-13-5-10-21(27)20-9-4-7-17-6-2-3-8-19(17)20/h2-4,6-9,18,21H,5,10-16H2,1H3,(H,24,28)(H,25,29). The van der Waals surface area contributed by atoms with Crippen molar-refractivity contribution >= 4 is 22.7 Å². The maximum atomic E-state index is 13.1. The maximum Gasteiger partial charge on any atom is 0.318 e. The van der Waals surface area contributed by atoms with Crippen LogP contribution in [-0.2, 0) is 4.79 Å². The van der Waals surface area contributed by atoms with Crippen LogP contribution in [0.5, 0.6) is 0 Å². The van der Waals surface area contributed by atoms with Gasteiger partial charge in [-0.3, -0.25) is 9.69 Å². The van der Waals surface area contributed by atoms with Crippen molar-refractivity contribution < 1.29 is 9.59 Å². The minimum Gasteiger partial charge on any atom is -0.358 e. The molecule has 154 valence electrons. The number of rotatable bonds is 4. The number of nitrogens with zero attached hydrogens (tertiary/aromatic N) is 2. The van der Waals surface area contributed by atoms with Crippen molar-refractivity contribution in [2.75, 3.05) is 33.2 Å². The van der Waals surface area contributed by atoms with Gasteiger partial charge in [-0.05, 0) is 42.0 Å². The lowest BCUT2D eigenvalue weighted by Gasteiger charge is -2.34. The van der Waals surface area contributed by atoms with E-state index in [-0.39, 0.29) is 24.0 Å². The molecule has 4 rings (SSSR count). The van der Waals surface area contributed by atoms with Gasteiger partial charge < -0.3 is 15.5 Å². The van der Waals surface area contributed by atoms with Gasteiger partial charge in [-0.2, -0.15) is 0 Å². The molecule has 6 nitrogen and oxygen atoms in total. The number of hydrogen-bond acceptors (Lipinski definition) is 3. The molecule has 1 atom stereocenters. The SMILES string of the molecule is CNC(=O)CN1CCC(NC(=O)N2CCCC2c2cccc3ccccc23)CC1. The van der Waals surface area contributed by atoms with Crippen LogP contribution in [0.3, 0.4) is 0 Å². The highest BCUT2D eigenvalue weighted by molar-refractivity contribution is 5.87. The number of likely N-dealkylation sites (tertiary alicyclic amines) is 2. The van der Waals surface area contributed by atoms with E-state index in [4.69, 9.17) is 0 Å². The van der Waals surface area contributed by atoms with Gasteiger partial charge in [-0.15, -0.1) is 0 Å². The molecule has 2 heterocycles. The third-order valence-corrected chi connectivity index (χ3v) is 6.26. The van der Waals surface area contributed by atoms with Gasteiger partial charge in [0.25, 0.3) is 0 Å². The maximum absolute atomic E-state index is 13.1. The lowest BCUT2D eigenvalue weighted by Crippen LogP contribution is -2.50. The second-order valence-electron chi connectivity index (χ2n) is 8.09. The second-order valence-corrected chi connectivity index (χ2v) is 8.09. The van der Waals surface area contributed by atoms with E-state index < -0.39 is 0 Å². The zero-order valence-electron chi connectivity index (χ0n) is 17.1. The van der Waals surface area contributed by atoms with E-state index in [1.54, 1.807) is 7.05 Å². The fourth-order valence-electron chi connectivity index (χ4n) is 4.65. The van der Waals surface area contributed by atoms with E-state index in [9.17, 15) is 9.59 Å². The van der Waals surface area contributed by atoms with Crippen molar-refractivity contribution in [3.63, 3.8) is 0 Å². The first kappa shape index (κ1) is 19.7. The van der Waals surface area contributed by atoms with Crippen molar-refractivity contribution in [3.05, 3.63) is 48.0 Å². The van der Waals surface area contributed by atoms with Crippen LogP contribution in [0.1, 0.15) is 37.3 Å². The van der Waals surface area contributed by atoms with E-state index in [0.717, 1.165) is 45.3 Å². The number of benzene rings is 2. The number of amides is 3. The summed E-state index contributed by atoms with van der Waals surface area (Å²) in [4.78, 5) is 28.8. The minimum absolute atomic E-state index is 0.0440. The first-order valence-corrected chi connectivity index (χ1v) is 10.6. The van der Waals surface area contributed by atoms with Gasteiger partial charge in [0.2, 0.25) is 5.91 Å². The Morgan fingerprint density at radius 2 is 1.76 bits per heavy atom. The van der Waals surface area contributed by atoms with Crippen LogP contribution in [0.25, 0.3) is 10.8 Å². The van der Waals surface area contributed by atoms with Crippen molar-refractivity contribution in [1.82, 2.24) is 20.4 Å². The van der Waals surface area contributed by atoms with Crippen molar-refractivity contribution in [2.24, 2.45) is 0 Å². The summed E-state index contributed by atoms with van der Waals surface area (Å²) >= 11 is 0. The Morgan fingerprint density at radius 3 is 2.55 bits per heavy atom. The molecular weight excluding hydrogens is 364 g/mol. The fraction of sp³-hybridized carbons (Fsp3) is 0.478. The van der Waals surface area contributed by atoms with Crippen LogP contribution in [-0.4, -0.2) is 61.0 Å². The quantitative estimate of drug-likeness (QED) is 0.838. The van der Waals surface area contributed by atoms with Crippen molar-refractivity contribution in [2.45, 2.75) is 37.8 Å². The number of hydrogen-bond donors (Lipinski definition) is 2. The molecule has 2 aromatic carbocycles. The zero-order chi connectivity index (χ0) is 20.2. The lowest BCUT2D eigenvalue weighted by molar-refractivity contribution is -0.122. The lowest BCUT2D eigenvalue weighted by atomic mass is 9.97. The largest absolute Gasteiger partial charge is 0.358 e. The first-order valence-electron chi connectivity index (χ1n) is 10.6. The Bertz CT molecular complexity index is 871. The van der Waals surface area contributed by atoms with Gasteiger partial charge >= 0.3 is 6.03 Å². The number of carbonyl (C=O) groups excluding carboxylic acids is 2. The number of likely N-dealkylation sites (N-methyl/N-ethyl adjacent to an activating group) is 1. The van der Waals surface area contributed by atoms with E-state index in [0.29, 0.717) is 6.54 Å². The number of urea groups is 1. The molecule has 0 aliphatic carbocycles. The first-order chi connectivity index (χ1) is 14.2. The van der Waals surface area contributed by atoms with Crippen LogP contribution in [0, 0.1) is 0 Å². The average Bonchev–Trinajstić information content (AvgIpc) is 3.24. The molecule has 0 aromatic heterocycles. The predicted octanol–water partition coefficient (Wildman–Crippen LogP) is 2.90. The van der Waals surface area contributed by atoms with Crippen LogP contribution >= 0.6 is 0 Å². The molecule has 1 unspecified atom stereocenters. The highest BCUT2D eigenvalue weighted by Gasteiger charge is 2.32. The van der Waals surface area contributed by atoms with Gasteiger partial charge in [0.05, 0.1) is 12.6 Å². The Balaban J connectivity index is 1.39. The second kappa shape index (κ2) is 8.82. The number of piperidine rings is 1. The van der Waals surface area contributed by atoms with E-state index in [1.807, 2.05) is 4.90 Å². The number of fused-ring (bicyclic) bond motifs is 1. The Labute approximate surface area is 172 Å². The van der Waals surface area contributed by atoms with Crippen LogP contribution in [0.4, 0.5) is 4.79 Å². The third-order valence-electron chi connectivity index (χ3n) is 6.26. The van der Waals surface area contributed by atoms with Crippen molar-refractivity contribution in [3.8, 4) is 0 Å². The van der Waals surface area contributed by atoms with Gasteiger partial charge in [-0.25, -0.2) is 4.79 Å². The fourth-order valence-corrected chi connectivity index (χ4v) is 4.65. The topological polar surface area (TPSA) is 64.7 Å². The monoisotopic (exact) mass is 394 g/mol. The van der Waals surface area contributed by atoms with E-state index >= 15 is 0 Å². The zero-order valence-corrected chi connectivity index (χ0v) is 17.1. The number of carbonyl (C=O) groups is 2. The molecule has 29 heavy (non-hydrogen) atoms. The molecule has 2 aromatic rings. The molecule has 0 saturated carbocycles. The summed E-state index contributed by atoms with van der Waals surface area (Å²) in [6.45, 7) is 2.91. The molecule has 2 N–H and O–H groups in total. The highest BCUT2D eigenvalue weighted by Crippen LogP contribution is 2.36. The summed E-state index contributed by atoms with van der Waals surface area (Å²) < 4.78 is 0. The molecule has 0 radical (unpaired) electrons. The van der Waals surface area contributed by atoms with Gasteiger partial charge in [0.15, 0.2) is 0 Å². The van der Waals surface area contributed by atoms with Gasteiger partial charge in [-0.1, -0.05) is 42.5 Å². The molecule has 6 heteroatoms. The Hall–Kier alpha value is -2.60. The molecule has 0 spiro atoms. The molecule has 2 fully saturated rings. The summed E-state index contributed by atoms with van der Waals surface area (Å²) in [5.74, 6) is 0.0440. The summed E-state index contributed by atoms with van der Waals surface area (Å²) in [5.41, 5.74) is 1.25. The van der Waals surface area contributed by atoms with Crippen LogP contribution in [0.15, 0.2) is 42.5 Å². The summed E-state index contributed by atoms with van der Waals surface area (Å²) in [6.07, 6.45) is 3.81. The molecule has 2 aliphatic heterocycles. The predicted molar refractivity (Wildman–Crippen MR) is 115 cm³/mol. The summed E-state index contributed by atoms with van der Waals surface area (Å²) in [6, 6.07) is 15.2. The average molecular weight is 395 g/mol. The minimum atomic E-state index is 0.0440. The molecule has 3 amide bonds. The molecule has 2 aliphatic rings. The number of nitrogens with one attached hydrogen (secondary N) is 2. The molecular formula is C23H30N4O2.